The summed E-state index contributed by atoms with van der Waals surface area (Å²) in [5.74, 6) is -0.110. The molecule has 0 aliphatic carbocycles. The van der Waals surface area contributed by atoms with Crippen LogP contribution in [0.4, 0.5) is 0 Å². The van der Waals surface area contributed by atoms with Crippen LogP contribution in [0.2, 0.25) is 0 Å². The SMILES string of the molecule is CC(=O)NCc1ccc(C(=O)NCCN2CCN(C)CC2)cc1. The Kier molecular flexibility index (Phi) is 6.55. The summed E-state index contributed by atoms with van der Waals surface area (Å²) in [4.78, 5) is 27.7. The predicted molar refractivity (Wildman–Crippen MR) is 90.2 cm³/mol. The number of amides is 2. The van der Waals surface area contributed by atoms with E-state index in [0.717, 1.165) is 38.3 Å². The van der Waals surface area contributed by atoms with Gasteiger partial charge >= 0.3 is 0 Å². The molecule has 6 nitrogen and oxygen atoms in total. The van der Waals surface area contributed by atoms with Crippen LogP contribution < -0.4 is 10.6 Å². The Labute approximate surface area is 137 Å². The van der Waals surface area contributed by atoms with Crippen LogP contribution in [0.5, 0.6) is 0 Å². The van der Waals surface area contributed by atoms with Crippen molar-refractivity contribution >= 4 is 11.8 Å². The first-order chi connectivity index (χ1) is 11.0. The molecule has 0 unspecified atom stereocenters. The van der Waals surface area contributed by atoms with Crippen molar-refractivity contribution in [2.24, 2.45) is 0 Å². The first kappa shape index (κ1) is 17.4. The normalized spacial score (nSPS) is 16.1. The quantitative estimate of drug-likeness (QED) is 0.792. The van der Waals surface area contributed by atoms with Crippen molar-refractivity contribution < 1.29 is 9.59 Å². The van der Waals surface area contributed by atoms with Gasteiger partial charge in [-0.1, -0.05) is 12.1 Å². The molecule has 0 spiro atoms. The number of piperazine rings is 1. The molecule has 0 aromatic heterocycles. The lowest BCUT2D eigenvalue weighted by atomic mass is 10.1. The molecule has 0 radical (unpaired) electrons. The van der Waals surface area contributed by atoms with Crippen LogP contribution in [-0.2, 0) is 11.3 Å². The number of nitrogens with one attached hydrogen (secondary N) is 2. The van der Waals surface area contributed by atoms with E-state index >= 15 is 0 Å². The number of likely N-dealkylation sites (N-methyl/N-ethyl adjacent to an activating group) is 1. The van der Waals surface area contributed by atoms with Crippen molar-refractivity contribution in [1.82, 2.24) is 20.4 Å². The minimum absolute atomic E-state index is 0.0507. The van der Waals surface area contributed by atoms with E-state index in [0.29, 0.717) is 18.7 Å². The lowest BCUT2D eigenvalue weighted by Crippen LogP contribution is -2.46. The molecule has 1 saturated heterocycles. The zero-order valence-electron chi connectivity index (χ0n) is 14.0. The van der Waals surface area contributed by atoms with Crippen LogP contribution in [0, 0.1) is 0 Å². The molecule has 1 aromatic rings. The number of hydrogen-bond donors (Lipinski definition) is 2. The minimum Gasteiger partial charge on any atom is -0.352 e. The topological polar surface area (TPSA) is 64.7 Å². The minimum atomic E-state index is -0.0595. The molecule has 1 aromatic carbocycles. The maximum absolute atomic E-state index is 12.1. The number of benzene rings is 1. The first-order valence-corrected chi connectivity index (χ1v) is 8.07. The molecule has 1 fully saturated rings. The molecule has 1 aliphatic heterocycles. The molecule has 1 aliphatic rings. The summed E-state index contributed by atoms with van der Waals surface area (Å²) in [6, 6.07) is 7.32. The fraction of sp³-hybridized carbons (Fsp3) is 0.529. The van der Waals surface area contributed by atoms with Crippen molar-refractivity contribution in [3.05, 3.63) is 35.4 Å². The second kappa shape index (κ2) is 8.64. The third-order valence-corrected chi connectivity index (χ3v) is 4.07. The summed E-state index contributed by atoms with van der Waals surface area (Å²) in [5, 5.41) is 5.70. The van der Waals surface area contributed by atoms with Crippen molar-refractivity contribution in [1.29, 1.82) is 0 Å². The Morgan fingerprint density at radius 2 is 1.70 bits per heavy atom. The van der Waals surface area contributed by atoms with Crippen molar-refractivity contribution in [2.45, 2.75) is 13.5 Å². The third-order valence-electron chi connectivity index (χ3n) is 4.07. The van der Waals surface area contributed by atoms with Crippen LogP contribution in [0.3, 0.4) is 0 Å². The van der Waals surface area contributed by atoms with Gasteiger partial charge in [0.2, 0.25) is 5.91 Å². The summed E-state index contributed by atoms with van der Waals surface area (Å²) >= 11 is 0. The fourth-order valence-electron chi connectivity index (χ4n) is 2.50. The second-order valence-corrected chi connectivity index (χ2v) is 6.01. The molecule has 126 valence electrons. The summed E-state index contributed by atoms with van der Waals surface area (Å²) in [5.41, 5.74) is 1.63. The summed E-state index contributed by atoms with van der Waals surface area (Å²) in [6.45, 7) is 7.82. The van der Waals surface area contributed by atoms with E-state index in [-0.39, 0.29) is 11.8 Å². The van der Waals surface area contributed by atoms with E-state index in [9.17, 15) is 9.59 Å². The van der Waals surface area contributed by atoms with E-state index in [1.165, 1.54) is 6.92 Å². The van der Waals surface area contributed by atoms with Crippen LogP contribution >= 0.6 is 0 Å². The largest absolute Gasteiger partial charge is 0.352 e. The molecule has 2 N–H and O–H groups in total. The van der Waals surface area contributed by atoms with Crippen LogP contribution in [0.25, 0.3) is 0 Å². The Morgan fingerprint density at radius 1 is 1.04 bits per heavy atom. The fourth-order valence-corrected chi connectivity index (χ4v) is 2.50. The van der Waals surface area contributed by atoms with E-state index in [4.69, 9.17) is 0 Å². The van der Waals surface area contributed by atoms with Gasteiger partial charge < -0.3 is 15.5 Å². The Bertz CT molecular complexity index is 522. The van der Waals surface area contributed by atoms with Crippen molar-refractivity contribution in [2.75, 3.05) is 46.3 Å². The lowest BCUT2D eigenvalue weighted by Gasteiger charge is -2.32. The van der Waals surface area contributed by atoms with Crippen LogP contribution in [0.1, 0.15) is 22.8 Å². The Hall–Kier alpha value is -1.92. The highest BCUT2D eigenvalue weighted by molar-refractivity contribution is 5.94. The average Bonchev–Trinajstić information content (AvgIpc) is 2.55. The van der Waals surface area contributed by atoms with Gasteiger partial charge in [0.05, 0.1) is 0 Å². The molecule has 2 rings (SSSR count). The zero-order chi connectivity index (χ0) is 16.7. The monoisotopic (exact) mass is 318 g/mol. The zero-order valence-corrected chi connectivity index (χ0v) is 14.0. The Balaban J connectivity index is 1.71. The lowest BCUT2D eigenvalue weighted by molar-refractivity contribution is -0.119. The summed E-state index contributed by atoms with van der Waals surface area (Å²) in [6.07, 6.45) is 0. The molecule has 1 heterocycles. The summed E-state index contributed by atoms with van der Waals surface area (Å²) in [7, 11) is 2.13. The summed E-state index contributed by atoms with van der Waals surface area (Å²) < 4.78 is 0. The third kappa shape index (κ3) is 6.00. The first-order valence-electron chi connectivity index (χ1n) is 8.07. The number of carbonyl (C=O) groups is 2. The van der Waals surface area contributed by atoms with Gasteiger partial charge in [-0.05, 0) is 24.7 Å². The van der Waals surface area contributed by atoms with Crippen molar-refractivity contribution in [3.8, 4) is 0 Å². The Morgan fingerprint density at radius 3 is 2.30 bits per heavy atom. The van der Waals surface area contributed by atoms with Gasteiger partial charge in [0.25, 0.3) is 5.91 Å². The molecular formula is C17H26N4O2. The number of nitrogens with zero attached hydrogens (tertiary/aromatic N) is 2. The number of rotatable bonds is 6. The maximum Gasteiger partial charge on any atom is 0.251 e. The van der Waals surface area contributed by atoms with Gasteiger partial charge in [-0.2, -0.15) is 0 Å². The van der Waals surface area contributed by atoms with Crippen molar-refractivity contribution in [3.63, 3.8) is 0 Å². The molecule has 6 heteroatoms. The van der Waals surface area contributed by atoms with Gasteiger partial charge in [0.15, 0.2) is 0 Å². The van der Waals surface area contributed by atoms with Gasteiger partial charge in [-0.3, -0.25) is 14.5 Å². The van der Waals surface area contributed by atoms with Gasteiger partial charge in [-0.25, -0.2) is 0 Å². The van der Waals surface area contributed by atoms with E-state index in [1.54, 1.807) is 12.1 Å². The molecule has 2 amide bonds. The predicted octanol–water partition coefficient (Wildman–Crippen LogP) is 0.300. The highest BCUT2D eigenvalue weighted by Gasteiger charge is 2.13. The van der Waals surface area contributed by atoms with Gasteiger partial charge in [0, 0.05) is 58.3 Å². The van der Waals surface area contributed by atoms with E-state index in [1.807, 2.05) is 12.1 Å². The smallest absolute Gasteiger partial charge is 0.251 e. The van der Waals surface area contributed by atoms with E-state index in [2.05, 4.69) is 27.5 Å². The number of hydrogen-bond acceptors (Lipinski definition) is 4. The average molecular weight is 318 g/mol. The van der Waals surface area contributed by atoms with Crippen LogP contribution in [0.15, 0.2) is 24.3 Å². The van der Waals surface area contributed by atoms with Gasteiger partial charge in [0.1, 0.15) is 0 Å². The van der Waals surface area contributed by atoms with E-state index < -0.39 is 0 Å². The number of carbonyl (C=O) groups excluding carboxylic acids is 2. The molecule has 0 atom stereocenters. The molecule has 0 saturated carbocycles. The highest BCUT2D eigenvalue weighted by Crippen LogP contribution is 2.04. The van der Waals surface area contributed by atoms with Crippen LogP contribution in [-0.4, -0.2) is 67.9 Å². The maximum atomic E-state index is 12.1. The molecular weight excluding hydrogens is 292 g/mol. The standard InChI is InChI=1S/C17H26N4O2/c1-14(22)19-13-15-3-5-16(6-4-15)17(23)18-7-8-21-11-9-20(2)10-12-21/h3-6H,7-13H2,1-2H3,(H,18,23)(H,19,22). The molecule has 0 bridgehead atoms. The van der Waals surface area contributed by atoms with Gasteiger partial charge in [-0.15, -0.1) is 0 Å². The molecule has 23 heavy (non-hydrogen) atoms. The highest BCUT2D eigenvalue weighted by atomic mass is 16.2. The second-order valence-electron chi connectivity index (χ2n) is 6.01.